The fraction of sp³-hybridized carbons (Fsp3) is 0.588. The zero-order valence-corrected chi connectivity index (χ0v) is 13.9. The lowest BCUT2D eigenvalue weighted by atomic mass is 10.0. The molecular formula is C17H22N2O3S. The maximum atomic E-state index is 6.09. The van der Waals surface area contributed by atoms with Crippen LogP contribution in [0.25, 0.3) is 0 Å². The maximum absolute atomic E-state index is 6.09. The van der Waals surface area contributed by atoms with Crippen molar-refractivity contribution in [3.05, 3.63) is 40.7 Å². The Hall–Kier alpha value is -1.21. The third kappa shape index (κ3) is 3.50. The summed E-state index contributed by atoms with van der Waals surface area (Å²) in [6.07, 6.45) is 8.08. The van der Waals surface area contributed by atoms with Gasteiger partial charge in [0.25, 0.3) is 0 Å². The van der Waals surface area contributed by atoms with Gasteiger partial charge in [0.2, 0.25) is 0 Å². The van der Waals surface area contributed by atoms with Crippen LogP contribution in [-0.4, -0.2) is 41.8 Å². The molecule has 0 spiro atoms. The van der Waals surface area contributed by atoms with Gasteiger partial charge in [0, 0.05) is 42.2 Å². The standard InChI is InChI=1S/C17H22N2O3S/c1-2-15-17(14(1)11-21-12-16-18-4-8-23-16)22-7-5-19(15)9-13-3-6-20-10-13/h3-4,6,8,10,14-15,17H,1-2,5,7,9,11-12H2/t14-,15+,17-/m0/s1. The summed E-state index contributed by atoms with van der Waals surface area (Å²) < 4.78 is 17.2. The summed E-state index contributed by atoms with van der Waals surface area (Å²) in [6, 6.07) is 2.56. The first-order valence-corrected chi connectivity index (χ1v) is 9.11. The molecule has 2 aromatic rings. The Morgan fingerprint density at radius 1 is 1.39 bits per heavy atom. The van der Waals surface area contributed by atoms with E-state index < -0.39 is 0 Å². The van der Waals surface area contributed by atoms with Crippen molar-refractivity contribution in [1.82, 2.24) is 9.88 Å². The summed E-state index contributed by atoms with van der Waals surface area (Å²) in [4.78, 5) is 6.80. The van der Waals surface area contributed by atoms with E-state index >= 15 is 0 Å². The van der Waals surface area contributed by atoms with E-state index in [4.69, 9.17) is 13.9 Å². The van der Waals surface area contributed by atoms with Crippen molar-refractivity contribution in [2.45, 2.75) is 38.1 Å². The van der Waals surface area contributed by atoms with E-state index in [9.17, 15) is 0 Å². The van der Waals surface area contributed by atoms with Crippen LogP contribution in [0.3, 0.4) is 0 Å². The minimum absolute atomic E-state index is 0.298. The summed E-state index contributed by atoms with van der Waals surface area (Å²) in [5.74, 6) is 0.493. The van der Waals surface area contributed by atoms with Crippen LogP contribution in [0, 0.1) is 5.92 Å². The van der Waals surface area contributed by atoms with Gasteiger partial charge in [-0.2, -0.15) is 0 Å². The molecule has 0 N–H and O–H groups in total. The van der Waals surface area contributed by atoms with Crippen LogP contribution < -0.4 is 0 Å². The minimum atomic E-state index is 0.298. The fourth-order valence-corrected chi connectivity index (χ4v) is 4.30. The lowest BCUT2D eigenvalue weighted by Gasteiger charge is -2.39. The summed E-state index contributed by atoms with van der Waals surface area (Å²) >= 11 is 1.65. The van der Waals surface area contributed by atoms with E-state index in [1.54, 1.807) is 17.6 Å². The van der Waals surface area contributed by atoms with E-state index in [-0.39, 0.29) is 0 Å². The molecule has 4 rings (SSSR count). The third-order valence-corrected chi connectivity index (χ3v) is 5.59. The molecule has 0 bridgehead atoms. The normalized spacial score (nSPS) is 28.1. The van der Waals surface area contributed by atoms with Crippen LogP contribution in [0.1, 0.15) is 23.4 Å². The number of nitrogens with zero attached hydrogens (tertiary/aromatic N) is 2. The van der Waals surface area contributed by atoms with Gasteiger partial charge in [-0.25, -0.2) is 4.98 Å². The molecule has 0 aromatic carbocycles. The first-order valence-electron chi connectivity index (χ1n) is 8.23. The summed E-state index contributed by atoms with van der Waals surface area (Å²) in [5.41, 5.74) is 1.24. The van der Waals surface area contributed by atoms with E-state index in [1.165, 1.54) is 18.4 Å². The maximum Gasteiger partial charge on any atom is 0.118 e. The topological polar surface area (TPSA) is 47.7 Å². The van der Waals surface area contributed by atoms with Gasteiger partial charge in [-0.15, -0.1) is 11.3 Å². The van der Waals surface area contributed by atoms with Crippen LogP contribution in [0.5, 0.6) is 0 Å². The number of fused-ring (bicyclic) bond motifs is 1. The molecule has 3 atom stereocenters. The Bertz CT molecular complexity index is 587. The number of furan rings is 1. The van der Waals surface area contributed by atoms with Crippen molar-refractivity contribution in [1.29, 1.82) is 0 Å². The molecule has 1 aliphatic carbocycles. The van der Waals surface area contributed by atoms with Gasteiger partial charge in [-0.3, -0.25) is 4.90 Å². The average molecular weight is 334 g/mol. The average Bonchev–Trinajstić information content (AvgIpc) is 3.30. The number of ether oxygens (including phenoxy) is 2. The van der Waals surface area contributed by atoms with Crippen molar-refractivity contribution >= 4 is 11.3 Å². The van der Waals surface area contributed by atoms with Crippen molar-refractivity contribution in [2.24, 2.45) is 5.92 Å². The fourth-order valence-electron chi connectivity index (χ4n) is 3.75. The van der Waals surface area contributed by atoms with Gasteiger partial charge in [0.05, 0.1) is 38.5 Å². The molecule has 2 aromatic heterocycles. The molecule has 2 aliphatic rings. The first-order chi connectivity index (χ1) is 11.4. The number of morpholine rings is 1. The van der Waals surface area contributed by atoms with Crippen LogP contribution in [0.2, 0.25) is 0 Å². The third-order valence-electron chi connectivity index (χ3n) is 4.84. The van der Waals surface area contributed by atoms with Crippen LogP contribution in [0.4, 0.5) is 0 Å². The van der Waals surface area contributed by atoms with E-state index in [0.717, 1.165) is 31.3 Å². The predicted molar refractivity (Wildman–Crippen MR) is 87.1 cm³/mol. The van der Waals surface area contributed by atoms with Crippen LogP contribution in [-0.2, 0) is 22.6 Å². The molecule has 6 heteroatoms. The molecular weight excluding hydrogens is 312 g/mol. The Morgan fingerprint density at radius 3 is 3.22 bits per heavy atom. The summed E-state index contributed by atoms with van der Waals surface area (Å²) in [6.45, 7) is 4.14. The minimum Gasteiger partial charge on any atom is -0.472 e. The Balaban J connectivity index is 1.31. The molecule has 0 radical (unpaired) electrons. The smallest absolute Gasteiger partial charge is 0.118 e. The quantitative estimate of drug-likeness (QED) is 0.813. The predicted octanol–water partition coefficient (Wildman–Crippen LogP) is 2.93. The number of hydrogen-bond acceptors (Lipinski definition) is 6. The summed E-state index contributed by atoms with van der Waals surface area (Å²) in [7, 11) is 0. The van der Waals surface area contributed by atoms with Gasteiger partial charge >= 0.3 is 0 Å². The highest BCUT2D eigenvalue weighted by molar-refractivity contribution is 7.09. The van der Waals surface area contributed by atoms with Crippen molar-refractivity contribution < 1.29 is 13.9 Å². The van der Waals surface area contributed by atoms with Crippen LogP contribution >= 0.6 is 11.3 Å². The monoisotopic (exact) mass is 334 g/mol. The van der Waals surface area contributed by atoms with Crippen LogP contribution in [0.15, 0.2) is 34.6 Å². The lowest BCUT2D eigenvalue weighted by Crippen LogP contribution is -2.50. The number of hydrogen-bond donors (Lipinski definition) is 0. The number of rotatable bonds is 6. The van der Waals surface area contributed by atoms with Crippen molar-refractivity contribution in [3.8, 4) is 0 Å². The first kappa shape index (κ1) is 15.3. The molecule has 124 valence electrons. The highest BCUT2D eigenvalue weighted by Gasteiger charge is 2.42. The highest BCUT2D eigenvalue weighted by Crippen LogP contribution is 2.35. The Kier molecular flexibility index (Phi) is 4.75. The molecule has 3 heterocycles. The molecule has 1 saturated carbocycles. The Morgan fingerprint density at radius 2 is 2.39 bits per heavy atom. The number of thiazole rings is 1. The molecule has 1 saturated heterocycles. The van der Waals surface area contributed by atoms with Crippen molar-refractivity contribution in [3.63, 3.8) is 0 Å². The summed E-state index contributed by atoms with van der Waals surface area (Å²) in [5, 5.41) is 3.04. The zero-order chi connectivity index (χ0) is 15.5. The molecule has 2 fully saturated rings. The van der Waals surface area contributed by atoms with Gasteiger partial charge in [0.1, 0.15) is 5.01 Å². The van der Waals surface area contributed by atoms with Gasteiger partial charge < -0.3 is 13.9 Å². The molecule has 23 heavy (non-hydrogen) atoms. The van der Waals surface area contributed by atoms with E-state index in [1.807, 2.05) is 23.9 Å². The highest BCUT2D eigenvalue weighted by atomic mass is 32.1. The van der Waals surface area contributed by atoms with Gasteiger partial charge in [-0.05, 0) is 18.9 Å². The molecule has 5 nitrogen and oxygen atoms in total. The largest absolute Gasteiger partial charge is 0.472 e. The molecule has 0 unspecified atom stereocenters. The zero-order valence-electron chi connectivity index (χ0n) is 13.1. The SMILES string of the molecule is c1csc(COC[C@@H]2CC[C@@H]3[C@H]2OCCN3Cc2ccoc2)n1. The van der Waals surface area contributed by atoms with E-state index in [2.05, 4.69) is 9.88 Å². The lowest BCUT2D eigenvalue weighted by molar-refractivity contribution is -0.0891. The van der Waals surface area contributed by atoms with Gasteiger partial charge in [0.15, 0.2) is 0 Å². The van der Waals surface area contributed by atoms with Gasteiger partial charge in [-0.1, -0.05) is 0 Å². The Labute approximate surface area is 140 Å². The second-order valence-electron chi connectivity index (χ2n) is 6.28. The van der Waals surface area contributed by atoms with Crippen molar-refractivity contribution in [2.75, 3.05) is 19.8 Å². The molecule has 1 aliphatic heterocycles. The molecule has 0 amide bonds. The second-order valence-corrected chi connectivity index (χ2v) is 7.26. The van der Waals surface area contributed by atoms with E-state index in [0.29, 0.717) is 24.7 Å². The number of aromatic nitrogens is 1. The second kappa shape index (κ2) is 7.13.